The molecule has 0 saturated carbocycles. The lowest BCUT2D eigenvalue weighted by Crippen LogP contribution is -1.94. The molecule has 2 nitrogen and oxygen atoms in total. The molecule has 0 aromatic heterocycles. The molecular weight excluding hydrogens is 205 g/mol. The van der Waals surface area contributed by atoms with Crippen molar-refractivity contribution in [3.8, 4) is 0 Å². The summed E-state index contributed by atoms with van der Waals surface area (Å²) in [5.41, 5.74) is 0.318. The van der Waals surface area contributed by atoms with Gasteiger partial charge >= 0.3 is 0 Å². The van der Waals surface area contributed by atoms with E-state index in [1.165, 1.54) is 12.5 Å². The highest BCUT2D eigenvalue weighted by atomic mass is 19.1. The molecule has 1 aromatic carbocycles. The summed E-state index contributed by atoms with van der Waals surface area (Å²) >= 11 is 0. The van der Waals surface area contributed by atoms with Crippen LogP contribution in [0.1, 0.15) is 31.2 Å². The van der Waals surface area contributed by atoms with Gasteiger partial charge in [-0.2, -0.15) is 0 Å². The molecule has 0 N–H and O–H groups in total. The van der Waals surface area contributed by atoms with Crippen molar-refractivity contribution in [2.45, 2.75) is 25.7 Å². The number of rotatable bonds is 3. The molecular formula is C13H13FNO. The highest BCUT2D eigenvalue weighted by Gasteiger charge is 2.04. The van der Waals surface area contributed by atoms with E-state index in [4.69, 9.17) is 4.84 Å². The van der Waals surface area contributed by atoms with E-state index in [2.05, 4.69) is 11.4 Å². The van der Waals surface area contributed by atoms with Crippen LogP contribution in [0.25, 0.3) is 0 Å². The van der Waals surface area contributed by atoms with Crippen molar-refractivity contribution in [1.82, 2.24) is 0 Å². The fourth-order valence-corrected chi connectivity index (χ4v) is 1.57. The van der Waals surface area contributed by atoms with E-state index in [9.17, 15) is 4.39 Å². The average Bonchev–Trinajstić information content (AvgIpc) is 2.33. The first kappa shape index (κ1) is 10.9. The predicted octanol–water partition coefficient (Wildman–Crippen LogP) is 3.51. The Balaban J connectivity index is 1.94. The zero-order chi connectivity index (χ0) is 11.2. The Kier molecular flexibility index (Phi) is 3.70. The van der Waals surface area contributed by atoms with Crippen LogP contribution in [0.4, 0.5) is 4.39 Å². The second kappa shape index (κ2) is 5.45. The summed E-state index contributed by atoms with van der Waals surface area (Å²) in [7, 11) is 0. The van der Waals surface area contributed by atoms with E-state index in [0.29, 0.717) is 5.56 Å². The number of hydrogen-bond donors (Lipinski definition) is 0. The first-order valence-electron chi connectivity index (χ1n) is 5.43. The molecule has 1 aromatic rings. The summed E-state index contributed by atoms with van der Waals surface area (Å²) in [6.07, 6.45) is 8.84. The molecule has 0 unspecified atom stereocenters. The summed E-state index contributed by atoms with van der Waals surface area (Å²) in [5, 5.41) is 3.67. The van der Waals surface area contributed by atoms with Crippen molar-refractivity contribution in [3.63, 3.8) is 0 Å². The second-order valence-corrected chi connectivity index (χ2v) is 3.69. The Morgan fingerprint density at radius 1 is 1.25 bits per heavy atom. The number of hydrogen-bond acceptors (Lipinski definition) is 2. The zero-order valence-electron chi connectivity index (χ0n) is 8.95. The van der Waals surface area contributed by atoms with Crippen molar-refractivity contribution >= 4 is 6.21 Å². The zero-order valence-corrected chi connectivity index (χ0v) is 8.95. The van der Waals surface area contributed by atoms with Gasteiger partial charge in [0.25, 0.3) is 0 Å². The smallest absolute Gasteiger partial charge is 0.143 e. The van der Waals surface area contributed by atoms with Gasteiger partial charge in [-0.3, -0.25) is 0 Å². The standard InChI is InChI=1S/C13H13FNO/c14-13-9-5-4-6-11(13)10-15-16-12-7-2-1-3-8-12/h4-7,9H,1-3,8H2. The number of allylic oxidation sites excluding steroid dienone is 2. The fourth-order valence-electron chi connectivity index (χ4n) is 1.57. The molecule has 0 aliphatic heterocycles. The van der Waals surface area contributed by atoms with Crippen molar-refractivity contribution in [1.29, 1.82) is 0 Å². The molecule has 3 heteroatoms. The van der Waals surface area contributed by atoms with Crippen LogP contribution in [0.5, 0.6) is 0 Å². The monoisotopic (exact) mass is 218 g/mol. The fraction of sp³-hybridized carbons (Fsp3) is 0.308. The third-order valence-electron chi connectivity index (χ3n) is 2.45. The van der Waals surface area contributed by atoms with Gasteiger partial charge in [-0.15, -0.1) is 0 Å². The number of nitrogens with zero attached hydrogens (tertiary/aromatic N) is 1. The Morgan fingerprint density at radius 2 is 2.12 bits per heavy atom. The second-order valence-electron chi connectivity index (χ2n) is 3.69. The van der Waals surface area contributed by atoms with E-state index in [1.54, 1.807) is 18.2 Å². The molecule has 83 valence electrons. The lowest BCUT2D eigenvalue weighted by atomic mass is 10.1. The Morgan fingerprint density at radius 3 is 2.88 bits per heavy atom. The minimum atomic E-state index is -0.340. The topological polar surface area (TPSA) is 21.6 Å². The minimum Gasteiger partial charge on any atom is -0.361 e. The summed E-state index contributed by atoms with van der Waals surface area (Å²) in [6, 6.07) is 6.35. The molecule has 0 heterocycles. The van der Waals surface area contributed by atoms with Crippen LogP contribution < -0.4 is 0 Å². The van der Waals surface area contributed by atoms with Crippen LogP contribution in [-0.4, -0.2) is 6.21 Å². The largest absolute Gasteiger partial charge is 0.361 e. The molecule has 0 bridgehead atoms. The van der Waals surface area contributed by atoms with E-state index >= 15 is 0 Å². The van der Waals surface area contributed by atoms with Gasteiger partial charge in [0.2, 0.25) is 0 Å². The third kappa shape index (κ3) is 2.92. The maximum atomic E-state index is 13.2. The molecule has 0 fully saturated rings. The molecule has 0 saturated heterocycles. The number of halogens is 1. The van der Waals surface area contributed by atoms with E-state index in [1.807, 2.05) is 6.08 Å². The van der Waals surface area contributed by atoms with Crippen molar-refractivity contribution in [2.24, 2.45) is 5.16 Å². The third-order valence-corrected chi connectivity index (χ3v) is 2.45. The van der Waals surface area contributed by atoms with Gasteiger partial charge in [0.1, 0.15) is 17.8 Å². The molecule has 1 aliphatic carbocycles. The van der Waals surface area contributed by atoms with Gasteiger partial charge in [0.15, 0.2) is 0 Å². The normalized spacial score (nSPS) is 16.2. The summed E-state index contributed by atoms with van der Waals surface area (Å²) in [4.78, 5) is 5.15. The Hall–Kier alpha value is -1.64. The van der Waals surface area contributed by atoms with Crippen LogP contribution in [0.2, 0.25) is 0 Å². The van der Waals surface area contributed by atoms with Gasteiger partial charge in [0.05, 0.1) is 0 Å². The number of benzene rings is 1. The van der Waals surface area contributed by atoms with Crippen molar-refractivity contribution in [2.75, 3.05) is 0 Å². The Labute approximate surface area is 94.4 Å². The summed E-state index contributed by atoms with van der Waals surface area (Å²) in [5.74, 6) is 0.516. The maximum Gasteiger partial charge on any atom is 0.143 e. The van der Waals surface area contributed by atoms with Gasteiger partial charge in [-0.1, -0.05) is 17.3 Å². The first-order chi connectivity index (χ1) is 7.86. The quantitative estimate of drug-likeness (QED) is 0.562. The summed E-state index contributed by atoms with van der Waals surface area (Å²) < 4.78 is 13.2. The Bertz CT molecular complexity index is 412. The maximum absolute atomic E-state index is 13.2. The van der Waals surface area contributed by atoms with Crippen LogP contribution in [-0.2, 0) is 4.84 Å². The van der Waals surface area contributed by atoms with Gasteiger partial charge in [-0.05, 0) is 37.5 Å². The minimum absolute atomic E-state index is 0.318. The summed E-state index contributed by atoms with van der Waals surface area (Å²) in [6.45, 7) is 0. The van der Waals surface area contributed by atoms with E-state index in [0.717, 1.165) is 25.0 Å². The van der Waals surface area contributed by atoms with Crippen LogP contribution in [0.15, 0.2) is 41.3 Å². The van der Waals surface area contributed by atoms with Crippen LogP contribution >= 0.6 is 0 Å². The lowest BCUT2D eigenvalue weighted by molar-refractivity contribution is 0.210. The van der Waals surface area contributed by atoms with Gasteiger partial charge < -0.3 is 4.84 Å². The molecule has 0 atom stereocenters. The molecule has 2 rings (SSSR count). The SMILES string of the molecule is Fc1ccccc1[C]=NOC1=CCCCC1. The molecule has 0 spiro atoms. The van der Waals surface area contributed by atoms with E-state index < -0.39 is 0 Å². The predicted molar refractivity (Wildman–Crippen MR) is 60.6 cm³/mol. The highest BCUT2D eigenvalue weighted by Crippen LogP contribution is 2.18. The van der Waals surface area contributed by atoms with Gasteiger partial charge in [-0.25, -0.2) is 4.39 Å². The van der Waals surface area contributed by atoms with Crippen LogP contribution in [0.3, 0.4) is 0 Å². The lowest BCUT2D eigenvalue weighted by Gasteiger charge is -2.08. The van der Waals surface area contributed by atoms with E-state index in [-0.39, 0.29) is 5.82 Å². The van der Waals surface area contributed by atoms with Crippen molar-refractivity contribution in [3.05, 3.63) is 47.5 Å². The molecule has 1 aliphatic rings. The van der Waals surface area contributed by atoms with Gasteiger partial charge in [0, 0.05) is 12.0 Å². The van der Waals surface area contributed by atoms with Crippen LogP contribution in [0, 0.1) is 5.82 Å². The van der Waals surface area contributed by atoms with Crippen molar-refractivity contribution < 1.29 is 9.23 Å². The first-order valence-corrected chi connectivity index (χ1v) is 5.43. The highest BCUT2D eigenvalue weighted by molar-refractivity contribution is 5.79. The molecule has 0 amide bonds. The molecule has 16 heavy (non-hydrogen) atoms. The average molecular weight is 218 g/mol. The molecule has 1 radical (unpaired) electrons.